The molecule has 0 aliphatic heterocycles. The maximum absolute atomic E-state index is 13.1. The second kappa shape index (κ2) is 13.7. The molecule has 3 amide bonds. The van der Waals surface area contributed by atoms with Crippen molar-refractivity contribution in [2.75, 3.05) is 45.6 Å². The zero-order valence-corrected chi connectivity index (χ0v) is 22.7. The third kappa shape index (κ3) is 9.14. The monoisotopic (exact) mass is 525 g/mol. The lowest BCUT2D eigenvalue weighted by molar-refractivity contribution is -0.131. The Morgan fingerprint density at radius 2 is 1.78 bits per heavy atom. The molecule has 3 aromatic rings. The van der Waals surface area contributed by atoms with E-state index in [1.54, 1.807) is 17.5 Å². The van der Waals surface area contributed by atoms with Gasteiger partial charge in [-0.1, -0.05) is 44.2 Å². The van der Waals surface area contributed by atoms with Gasteiger partial charge in [-0.3, -0.25) is 14.4 Å². The maximum Gasteiger partial charge on any atom is 0.290 e. The van der Waals surface area contributed by atoms with E-state index < -0.39 is 0 Å². The third-order valence-corrected chi connectivity index (χ3v) is 6.26. The van der Waals surface area contributed by atoms with Crippen molar-refractivity contribution in [2.24, 2.45) is 5.92 Å². The largest absolute Gasteiger partial charge is 0.459 e. The highest BCUT2D eigenvalue weighted by Gasteiger charge is 2.23. The van der Waals surface area contributed by atoms with E-state index in [9.17, 15) is 14.4 Å². The molecule has 0 spiro atoms. The van der Waals surface area contributed by atoms with Gasteiger partial charge in [-0.2, -0.15) is 0 Å². The maximum atomic E-state index is 13.1. The first-order valence-corrected chi connectivity index (χ1v) is 13.1. The fraction of sp³-hybridized carbons (Fsp3) is 0.407. The number of hydrogen-bond donors (Lipinski definition) is 1. The lowest BCUT2D eigenvalue weighted by Crippen LogP contribution is -2.40. The van der Waals surface area contributed by atoms with Crippen LogP contribution in [0.1, 0.15) is 35.7 Å². The molecule has 10 heteroatoms. The summed E-state index contributed by atoms with van der Waals surface area (Å²) >= 11 is 1.26. The van der Waals surface area contributed by atoms with Crippen molar-refractivity contribution >= 4 is 34.2 Å². The smallest absolute Gasteiger partial charge is 0.290 e. The minimum atomic E-state index is -0.357. The lowest BCUT2D eigenvalue weighted by Gasteiger charge is -2.24. The van der Waals surface area contributed by atoms with Crippen LogP contribution in [-0.4, -0.2) is 77.7 Å². The van der Waals surface area contributed by atoms with Crippen LogP contribution < -0.4 is 5.32 Å². The predicted octanol–water partition coefficient (Wildman–Crippen LogP) is 3.61. The quantitative estimate of drug-likeness (QED) is 0.366. The Balaban J connectivity index is 1.60. The molecule has 1 N–H and O–H groups in total. The van der Waals surface area contributed by atoms with Gasteiger partial charge in [-0.05, 0) is 37.7 Å². The van der Waals surface area contributed by atoms with Crippen molar-refractivity contribution in [2.45, 2.75) is 26.8 Å². The molecule has 0 bridgehead atoms. The molecule has 2 heterocycles. The average molecular weight is 526 g/mol. The first-order valence-electron chi connectivity index (χ1n) is 12.2. The van der Waals surface area contributed by atoms with E-state index in [1.165, 1.54) is 22.5 Å². The summed E-state index contributed by atoms with van der Waals surface area (Å²) in [7, 11) is 3.95. The van der Waals surface area contributed by atoms with E-state index in [4.69, 9.17) is 4.42 Å². The van der Waals surface area contributed by atoms with Gasteiger partial charge in [0.05, 0.1) is 18.4 Å². The fourth-order valence-corrected chi connectivity index (χ4v) is 4.40. The zero-order valence-electron chi connectivity index (χ0n) is 21.8. The summed E-state index contributed by atoms with van der Waals surface area (Å²) in [5, 5.41) is 4.93. The zero-order chi connectivity index (χ0) is 26.8. The number of benzene rings is 1. The fourth-order valence-electron chi connectivity index (χ4n) is 3.68. The first kappa shape index (κ1) is 28.1. The number of furan rings is 1. The second-order valence-corrected chi connectivity index (χ2v) is 10.4. The number of carbonyl (C=O) groups is 3. The summed E-state index contributed by atoms with van der Waals surface area (Å²) in [5.74, 6) is -0.352. The Morgan fingerprint density at radius 3 is 2.43 bits per heavy atom. The summed E-state index contributed by atoms with van der Waals surface area (Å²) in [4.78, 5) is 48.4. The number of amides is 3. The van der Waals surface area contributed by atoms with Crippen LogP contribution >= 0.6 is 11.3 Å². The van der Waals surface area contributed by atoms with E-state index in [1.807, 2.05) is 68.1 Å². The second-order valence-electron chi connectivity index (χ2n) is 9.53. The van der Waals surface area contributed by atoms with E-state index in [2.05, 4.69) is 10.3 Å². The molecular formula is C27H35N5O4S. The average Bonchev–Trinajstić information content (AvgIpc) is 3.53. The Morgan fingerprint density at radius 1 is 1.03 bits per heavy atom. The highest BCUT2D eigenvalue weighted by atomic mass is 32.1. The molecule has 0 fully saturated rings. The van der Waals surface area contributed by atoms with Crippen LogP contribution in [0, 0.1) is 5.92 Å². The SMILES string of the molecule is CC(C)CN(CC(=O)Nc1nc(CC(=O)N(CCN(C)C)Cc2ccccc2)cs1)C(=O)c1ccco1. The van der Waals surface area contributed by atoms with Gasteiger partial charge >= 0.3 is 0 Å². The Hall–Kier alpha value is -3.50. The normalized spacial score (nSPS) is 11.1. The van der Waals surface area contributed by atoms with Crippen molar-refractivity contribution in [1.29, 1.82) is 0 Å². The number of anilines is 1. The summed E-state index contributed by atoms with van der Waals surface area (Å²) < 4.78 is 5.21. The van der Waals surface area contributed by atoms with Gasteiger partial charge < -0.3 is 24.4 Å². The number of likely N-dealkylation sites (N-methyl/N-ethyl adjacent to an activating group) is 1. The predicted molar refractivity (Wildman–Crippen MR) is 144 cm³/mol. The molecule has 3 rings (SSSR count). The van der Waals surface area contributed by atoms with Crippen LogP contribution in [0.5, 0.6) is 0 Å². The van der Waals surface area contributed by atoms with Gasteiger partial charge in [0.1, 0.15) is 6.54 Å². The molecule has 0 radical (unpaired) electrons. The molecule has 0 saturated heterocycles. The molecule has 0 aliphatic carbocycles. The highest BCUT2D eigenvalue weighted by molar-refractivity contribution is 7.13. The topological polar surface area (TPSA) is 99.0 Å². The van der Waals surface area contributed by atoms with Crippen molar-refractivity contribution in [1.82, 2.24) is 19.7 Å². The van der Waals surface area contributed by atoms with E-state index >= 15 is 0 Å². The van der Waals surface area contributed by atoms with E-state index in [0.29, 0.717) is 30.5 Å². The molecule has 0 atom stereocenters. The van der Waals surface area contributed by atoms with Gasteiger partial charge in [0.15, 0.2) is 10.9 Å². The third-order valence-electron chi connectivity index (χ3n) is 5.46. The highest BCUT2D eigenvalue weighted by Crippen LogP contribution is 2.18. The van der Waals surface area contributed by atoms with Crippen LogP contribution in [0.3, 0.4) is 0 Å². The summed E-state index contributed by atoms with van der Waals surface area (Å²) in [6.07, 6.45) is 1.57. The van der Waals surface area contributed by atoms with Crippen molar-refractivity contribution in [3.63, 3.8) is 0 Å². The van der Waals surface area contributed by atoms with Gasteiger partial charge in [0.25, 0.3) is 5.91 Å². The Labute approximate surface area is 222 Å². The number of thiazole rings is 1. The summed E-state index contributed by atoms with van der Waals surface area (Å²) in [6.45, 7) is 6.12. The molecule has 2 aromatic heterocycles. The molecule has 1 aromatic carbocycles. The number of rotatable bonds is 13. The summed E-state index contributed by atoms with van der Waals surface area (Å²) in [6, 6.07) is 13.1. The minimum absolute atomic E-state index is 0.0268. The van der Waals surface area contributed by atoms with Crippen LogP contribution in [-0.2, 0) is 22.6 Å². The van der Waals surface area contributed by atoms with Crippen LogP contribution in [0.2, 0.25) is 0 Å². The number of nitrogens with one attached hydrogen (secondary N) is 1. The number of hydrogen-bond acceptors (Lipinski definition) is 7. The van der Waals surface area contributed by atoms with Crippen molar-refractivity contribution < 1.29 is 18.8 Å². The number of nitrogens with zero attached hydrogens (tertiary/aromatic N) is 4. The number of aromatic nitrogens is 1. The van der Waals surface area contributed by atoms with Gasteiger partial charge in [0, 0.05) is 31.6 Å². The Kier molecular flexibility index (Phi) is 10.4. The van der Waals surface area contributed by atoms with E-state index in [-0.39, 0.29) is 42.4 Å². The molecule has 0 unspecified atom stereocenters. The van der Waals surface area contributed by atoms with Crippen LogP contribution in [0.25, 0.3) is 0 Å². The summed E-state index contributed by atoms with van der Waals surface area (Å²) in [5.41, 5.74) is 1.66. The van der Waals surface area contributed by atoms with Crippen LogP contribution in [0.15, 0.2) is 58.5 Å². The molecule has 0 saturated carbocycles. The van der Waals surface area contributed by atoms with Gasteiger partial charge in [0.2, 0.25) is 11.8 Å². The van der Waals surface area contributed by atoms with Gasteiger partial charge in [-0.15, -0.1) is 11.3 Å². The van der Waals surface area contributed by atoms with E-state index in [0.717, 1.165) is 12.1 Å². The Bertz CT molecular complexity index is 1140. The lowest BCUT2D eigenvalue weighted by atomic mass is 10.2. The first-order chi connectivity index (χ1) is 17.7. The van der Waals surface area contributed by atoms with Crippen LogP contribution in [0.4, 0.5) is 5.13 Å². The molecule has 0 aliphatic rings. The minimum Gasteiger partial charge on any atom is -0.459 e. The molecule has 198 valence electrons. The standard InChI is InChI=1S/C27H35N5O4S/c1-20(2)16-32(26(35)23-11-8-14-36-23)18-24(33)29-27-28-22(19-37-27)15-25(34)31(13-12-30(3)4)17-21-9-6-5-7-10-21/h5-11,14,19-20H,12-13,15-18H2,1-4H3,(H,28,29,33). The number of carbonyl (C=O) groups excluding carboxylic acids is 3. The van der Waals surface area contributed by atoms with Crippen molar-refractivity contribution in [3.8, 4) is 0 Å². The molecule has 37 heavy (non-hydrogen) atoms. The van der Waals surface area contributed by atoms with Crippen molar-refractivity contribution in [3.05, 3.63) is 71.1 Å². The van der Waals surface area contributed by atoms with Gasteiger partial charge in [-0.25, -0.2) is 4.98 Å². The molecular weight excluding hydrogens is 490 g/mol. The molecule has 9 nitrogen and oxygen atoms in total.